The molecular formula is C18H21N3O2. The van der Waals surface area contributed by atoms with Crippen molar-refractivity contribution in [2.45, 2.75) is 32.2 Å². The highest BCUT2D eigenvalue weighted by Crippen LogP contribution is 2.15. The van der Waals surface area contributed by atoms with E-state index in [1.54, 1.807) is 12.3 Å². The zero-order valence-electron chi connectivity index (χ0n) is 13.3. The number of hydrogen-bond acceptors (Lipinski definition) is 3. The molecule has 5 heteroatoms. The predicted molar refractivity (Wildman–Crippen MR) is 89.1 cm³/mol. The SMILES string of the molecule is CC(CNC(=O)c1ccc2ncccc2c1)N1CCCCC1=O. The number of piperidine rings is 1. The van der Waals surface area contributed by atoms with Gasteiger partial charge >= 0.3 is 0 Å². The van der Waals surface area contributed by atoms with E-state index in [1.165, 1.54) is 0 Å². The predicted octanol–water partition coefficient (Wildman–Crippen LogP) is 2.37. The van der Waals surface area contributed by atoms with Gasteiger partial charge in [0, 0.05) is 42.7 Å². The van der Waals surface area contributed by atoms with Crippen molar-refractivity contribution in [1.82, 2.24) is 15.2 Å². The van der Waals surface area contributed by atoms with Crippen LogP contribution in [0, 0.1) is 0 Å². The molecule has 1 aliphatic rings. The van der Waals surface area contributed by atoms with Gasteiger partial charge in [0.05, 0.1) is 5.52 Å². The highest BCUT2D eigenvalue weighted by atomic mass is 16.2. The van der Waals surface area contributed by atoms with Crippen molar-refractivity contribution >= 4 is 22.7 Å². The molecule has 1 aliphatic heterocycles. The maximum atomic E-state index is 12.3. The summed E-state index contributed by atoms with van der Waals surface area (Å²) in [6.07, 6.45) is 4.37. The number of amides is 2. The maximum Gasteiger partial charge on any atom is 0.251 e. The number of pyridine rings is 1. The third-order valence-corrected chi connectivity index (χ3v) is 4.32. The first-order valence-corrected chi connectivity index (χ1v) is 8.07. The molecule has 0 radical (unpaired) electrons. The number of benzene rings is 1. The first-order chi connectivity index (χ1) is 11.1. The number of carbonyl (C=O) groups excluding carboxylic acids is 2. The summed E-state index contributed by atoms with van der Waals surface area (Å²) in [6.45, 7) is 3.24. The lowest BCUT2D eigenvalue weighted by molar-refractivity contribution is -0.135. The van der Waals surface area contributed by atoms with Crippen LogP contribution >= 0.6 is 0 Å². The largest absolute Gasteiger partial charge is 0.350 e. The van der Waals surface area contributed by atoms with Crippen molar-refractivity contribution in [3.8, 4) is 0 Å². The van der Waals surface area contributed by atoms with Crippen LogP contribution in [-0.4, -0.2) is 40.8 Å². The van der Waals surface area contributed by atoms with E-state index in [0.29, 0.717) is 18.5 Å². The maximum absolute atomic E-state index is 12.3. The molecule has 120 valence electrons. The molecule has 1 fully saturated rings. The first kappa shape index (κ1) is 15.5. The van der Waals surface area contributed by atoms with Gasteiger partial charge in [-0.15, -0.1) is 0 Å². The summed E-state index contributed by atoms with van der Waals surface area (Å²) in [5.74, 6) is 0.0711. The van der Waals surface area contributed by atoms with Crippen LogP contribution in [0.25, 0.3) is 10.9 Å². The fraction of sp³-hybridized carbons (Fsp3) is 0.389. The Labute approximate surface area is 135 Å². The van der Waals surface area contributed by atoms with Gasteiger partial charge in [0.25, 0.3) is 5.91 Å². The van der Waals surface area contributed by atoms with Crippen molar-refractivity contribution in [3.63, 3.8) is 0 Å². The molecule has 1 N–H and O–H groups in total. The quantitative estimate of drug-likeness (QED) is 0.943. The number of aromatic nitrogens is 1. The molecule has 0 spiro atoms. The van der Waals surface area contributed by atoms with Gasteiger partial charge in [-0.25, -0.2) is 0 Å². The third-order valence-electron chi connectivity index (χ3n) is 4.32. The van der Waals surface area contributed by atoms with Crippen LogP contribution in [0.5, 0.6) is 0 Å². The molecule has 2 heterocycles. The lowest BCUT2D eigenvalue weighted by atomic mass is 10.1. The molecule has 1 unspecified atom stereocenters. The Hall–Kier alpha value is -2.43. The van der Waals surface area contributed by atoms with Crippen LogP contribution in [0.4, 0.5) is 0 Å². The first-order valence-electron chi connectivity index (χ1n) is 8.07. The zero-order valence-corrected chi connectivity index (χ0v) is 13.3. The van der Waals surface area contributed by atoms with Crippen molar-refractivity contribution < 1.29 is 9.59 Å². The van der Waals surface area contributed by atoms with Crippen LogP contribution in [0.1, 0.15) is 36.5 Å². The summed E-state index contributed by atoms with van der Waals surface area (Å²) in [5.41, 5.74) is 1.49. The summed E-state index contributed by atoms with van der Waals surface area (Å²) in [5, 5.41) is 3.87. The normalized spacial score (nSPS) is 16.4. The van der Waals surface area contributed by atoms with Gasteiger partial charge in [0.15, 0.2) is 0 Å². The number of nitrogens with one attached hydrogen (secondary N) is 1. The van der Waals surface area contributed by atoms with Gasteiger partial charge in [0.1, 0.15) is 0 Å². The third kappa shape index (κ3) is 3.50. The van der Waals surface area contributed by atoms with E-state index in [4.69, 9.17) is 0 Å². The molecule has 2 amide bonds. The average Bonchev–Trinajstić information content (AvgIpc) is 2.59. The molecule has 0 aliphatic carbocycles. The van der Waals surface area contributed by atoms with Crippen LogP contribution in [0.15, 0.2) is 36.5 Å². The Kier molecular flexibility index (Phi) is 4.55. The molecule has 23 heavy (non-hydrogen) atoms. The second kappa shape index (κ2) is 6.77. The summed E-state index contributed by atoms with van der Waals surface area (Å²) >= 11 is 0. The number of nitrogens with zero attached hydrogens (tertiary/aromatic N) is 2. The second-order valence-electron chi connectivity index (χ2n) is 6.01. The van der Waals surface area contributed by atoms with E-state index in [0.717, 1.165) is 30.3 Å². The van der Waals surface area contributed by atoms with Gasteiger partial charge in [0.2, 0.25) is 5.91 Å². The van der Waals surface area contributed by atoms with E-state index in [-0.39, 0.29) is 17.9 Å². The monoisotopic (exact) mass is 311 g/mol. The van der Waals surface area contributed by atoms with E-state index >= 15 is 0 Å². The van der Waals surface area contributed by atoms with E-state index < -0.39 is 0 Å². The highest BCUT2D eigenvalue weighted by Gasteiger charge is 2.23. The minimum atomic E-state index is -0.118. The minimum absolute atomic E-state index is 0.0221. The second-order valence-corrected chi connectivity index (χ2v) is 6.01. The average molecular weight is 311 g/mol. The molecule has 1 aromatic heterocycles. The molecule has 0 bridgehead atoms. The van der Waals surface area contributed by atoms with E-state index in [2.05, 4.69) is 10.3 Å². The highest BCUT2D eigenvalue weighted by molar-refractivity contribution is 5.97. The van der Waals surface area contributed by atoms with Crippen LogP contribution in [0.3, 0.4) is 0 Å². The molecule has 1 saturated heterocycles. The van der Waals surface area contributed by atoms with Crippen molar-refractivity contribution in [3.05, 3.63) is 42.1 Å². The van der Waals surface area contributed by atoms with Crippen LogP contribution in [0.2, 0.25) is 0 Å². The fourth-order valence-corrected chi connectivity index (χ4v) is 2.96. The van der Waals surface area contributed by atoms with E-state index in [1.807, 2.05) is 36.1 Å². The standard InChI is InChI=1S/C18H21N3O2/c1-13(21-10-3-2-6-17(21)22)12-20-18(23)15-7-8-16-14(11-15)5-4-9-19-16/h4-5,7-9,11,13H,2-3,6,10,12H2,1H3,(H,20,23). The van der Waals surface area contributed by atoms with E-state index in [9.17, 15) is 9.59 Å². The summed E-state index contributed by atoms with van der Waals surface area (Å²) in [7, 11) is 0. The number of fused-ring (bicyclic) bond motifs is 1. The van der Waals surface area contributed by atoms with Gasteiger partial charge in [-0.1, -0.05) is 6.07 Å². The van der Waals surface area contributed by atoms with Gasteiger partial charge in [-0.05, 0) is 44.0 Å². The Morgan fingerprint density at radius 1 is 1.35 bits per heavy atom. The topological polar surface area (TPSA) is 62.3 Å². The molecule has 5 nitrogen and oxygen atoms in total. The van der Waals surface area contributed by atoms with Crippen LogP contribution < -0.4 is 5.32 Å². The van der Waals surface area contributed by atoms with Gasteiger partial charge < -0.3 is 10.2 Å². The molecule has 1 atom stereocenters. The summed E-state index contributed by atoms with van der Waals surface area (Å²) in [6, 6.07) is 9.29. The number of likely N-dealkylation sites (tertiary alicyclic amines) is 1. The molecule has 2 aromatic rings. The Morgan fingerprint density at radius 2 is 2.22 bits per heavy atom. The molecule has 0 saturated carbocycles. The van der Waals surface area contributed by atoms with Crippen molar-refractivity contribution in [2.24, 2.45) is 0 Å². The lowest BCUT2D eigenvalue weighted by Crippen LogP contribution is -2.47. The molecule has 3 rings (SSSR count). The molecular weight excluding hydrogens is 290 g/mol. The minimum Gasteiger partial charge on any atom is -0.350 e. The number of carbonyl (C=O) groups is 2. The Balaban J connectivity index is 1.62. The van der Waals surface area contributed by atoms with Gasteiger partial charge in [-0.2, -0.15) is 0 Å². The Bertz CT molecular complexity index is 729. The van der Waals surface area contributed by atoms with Crippen molar-refractivity contribution in [1.29, 1.82) is 0 Å². The molecule has 1 aromatic carbocycles. The fourth-order valence-electron chi connectivity index (χ4n) is 2.96. The summed E-state index contributed by atoms with van der Waals surface area (Å²) < 4.78 is 0. The zero-order chi connectivity index (χ0) is 16.2. The Morgan fingerprint density at radius 3 is 3.04 bits per heavy atom. The summed E-state index contributed by atoms with van der Waals surface area (Å²) in [4.78, 5) is 30.3. The lowest BCUT2D eigenvalue weighted by Gasteiger charge is -2.32. The number of hydrogen-bond donors (Lipinski definition) is 1. The van der Waals surface area contributed by atoms with Crippen LogP contribution in [-0.2, 0) is 4.79 Å². The smallest absolute Gasteiger partial charge is 0.251 e. The van der Waals surface area contributed by atoms with Gasteiger partial charge in [-0.3, -0.25) is 14.6 Å². The number of rotatable bonds is 4. The van der Waals surface area contributed by atoms with Crippen molar-refractivity contribution in [2.75, 3.05) is 13.1 Å².